The summed E-state index contributed by atoms with van der Waals surface area (Å²) in [5.74, 6) is 0. The highest BCUT2D eigenvalue weighted by Gasteiger charge is 2.55. The summed E-state index contributed by atoms with van der Waals surface area (Å²) < 4.78 is 20.3. The highest BCUT2D eigenvalue weighted by atomic mass is 16.8. The fourth-order valence-electron chi connectivity index (χ4n) is 1.58. The van der Waals surface area contributed by atoms with Gasteiger partial charge in [0.1, 0.15) is 19.3 Å². The first-order valence-electron chi connectivity index (χ1n) is 4.72. The van der Waals surface area contributed by atoms with Crippen molar-refractivity contribution in [2.45, 2.75) is 26.2 Å². The molecule has 0 aromatic rings. The van der Waals surface area contributed by atoms with Crippen molar-refractivity contribution in [1.82, 2.24) is 0 Å². The molecule has 2 atom stereocenters. The summed E-state index contributed by atoms with van der Waals surface area (Å²) in [6.45, 7) is 5.17. The van der Waals surface area contributed by atoms with Crippen molar-refractivity contribution in [2.24, 2.45) is 5.41 Å². The van der Waals surface area contributed by atoms with E-state index >= 15 is 0 Å². The lowest BCUT2D eigenvalue weighted by Gasteiger charge is -2.30. The lowest BCUT2D eigenvalue weighted by molar-refractivity contribution is -0.0627. The van der Waals surface area contributed by atoms with Crippen LogP contribution in [0.4, 0.5) is 4.79 Å². The molecule has 2 heterocycles. The molecule has 0 spiro atoms. The zero-order chi connectivity index (χ0) is 10.2. The van der Waals surface area contributed by atoms with Gasteiger partial charge in [0.15, 0.2) is 6.29 Å². The summed E-state index contributed by atoms with van der Waals surface area (Å²) >= 11 is 0. The molecule has 2 aliphatic rings. The molecular formula is C9H14O5. The Balaban J connectivity index is 1.88. The van der Waals surface area contributed by atoms with Crippen LogP contribution >= 0.6 is 0 Å². The minimum atomic E-state index is -0.601. The second-order valence-corrected chi connectivity index (χ2v) is 3.86. The van der Waals surface area contributed by atoms with Gasteiger partial charge < -0.3 is 18.9 Å². The van der Waals surface area contributed by atoms with Gasteiger partial charge in [-0.15, -0.1) is 0 Å². The number of hydrogen-bond acceptors (Lipinski definition) is 5. The number of hydrogen-bond donors (Lipinski definition) is 0. The molecule has 14 heavy (non-hydrogen) atoms. The first kappa shape index (κ1) is 9.73. The molecule has 80 valence electrons. The van der Waals surface area contributed by atoms with Crippen LogP contribution in [0.15, 0.2) is 0 Å². The van der Waals surface area contributed by atoms with E-state index < -0.39 is 6.16 Å². The third-order valence-electron chi connectivity index (χ3n) is 2.51. The third kappa shape index (κ3) is 1.69. The van der Waals surface area contributed by atoms with E-state index in [0.29, 0.717) is 19.8 Å². The first-order valence-corrected chi connectivity index (χ1v) is 4.72. The van der Waals surface area contributed by atoms with Gasteiger partial charge in [0, 0.05) is 6.61 Å². The van der Waals surface area contributed by atoms with Gasteiger partial charge >= 0.3 is 6.16 Å². The molecular weight excluding hydrogens is 188 g/mol. The van der Waals surface area contributed by atoms with Gasteiger partial charge in [0.05, 0.1) is 5.41 Å². The molecule has 0 aliphatic carbocycles. The van der Waals surface area contributed by atoms with Crippen LogP contribution in [0, 0.1) is 5.41 Å². The number of cyclic esters (lactones) is 2. The summed E-state index contributed by atoms with van der Waals surface area (Å²) in [5, 5.41) is 0. The molecule has 5 heteroatoms. The Morgan fingerprint density at radius 3 is 2.71 bits per heavy atom. The maximum Gasteiger partial charge on any atom is 0.508 e. The zero-order valence-electron chi connectivity index (χ0n) is 8.32. The summed E-state index contributed by atoms with van der Waals surface area (Å²) in [7, 11) is 0. The number of epoxide rings is 1. The topological polar surface area (TPSA) is 57.3 Å². The van der Waals surface area contributed by atoms with Gasteiger partial charge in [0.25, 0.3) is 0 Å². The Labute approximate surface area is 82.3 Å². The van der Waals surface area contributed by atoms with Crippen molar-refractivity contribution < 1.29 is 23.7 Å². The molecule has 0 bridgehead atoms. The molecule has 2 unspecified atom stereocenters. The SMILES string of the molecule is CCOC1OC1C1(C)COC(=O)OC1. The van der Waals surface area contributed by atoms with Crippen molar-refractivity contribution in [2.75, 3.05) is 19.8 Å². The molecule has 2 saturated heterocycles. The van der Waals surface area contributed by atoms with Crippen LogP contribution in [-0.4, -0.2) is 38.4 Å². The summed E-state index contributed by atoms with van der Waals surface area (Å²) in [6, 6.07) is 0. The number of carbonyl (C=O) groups is 1. The summed E-state index contributed by atoms with van der Waals surface area (Å²) in [5.41, 5.74) is -0.270. The van der Waals surface area contributed by atoms with Crippen LogP contribution in [0.25, 0.3) is 0 Å². The van der Waals surface area contributed by atoms with Crippen LogP contribution in [-0.2, 0) is 18.9 Å². The molecule has 0 aromatic carbocycles. The van der Waals surface area contributed by atoms with Gasteiger partial charge in [-0.1, -0.05) is 6.92 Å². The Morgan fingerprint density at radius 1 is 1.50 bits per heavy atom. The van der Waals surface area contributed by atoms with Gasteiger partial charge in [-0.2, -0.15) is 0 Å². The Kier molecular flexibility index (Phi) is 2.36. The first-order chi connectivity index (χ1) is 6.65. The average molecular weight is 202 g/mol. The van der Waals surface area contributed by atoms with E-state index in [4.69, 9.17) is 18.9 Å². The highest BCUT2D eigenvalue weighted by Crippen LogP contribution is 2.41. The van der Waals surface area contributed by atoms with Crippen LogP contribution in [0.2, 0.25) is 0 Å². The van der Waals surface area contributed by atoms with E-state index in [2.05, 4.69) is 0 Å². The molecule has 0 N–H and O–H groups in total. The minimum absolute atomic E-state index is 0.0180. The van der Waals surface area contributed by atoms with Crippen LogP contribution in [0.1, 0.15) is 13.8 Å². The lowest BCUT2D eigenvalue weighted by atomic mass is 9.88. The van der Waals surface area contributed by atoms with E-state index in [1.165, 1.54) is 0 Å². The lowest BCUT2D eigenvalue weighted by Crippen LogP contribution is -2.42. The Hall–Kier alpha value is -0.810. The summed E-state index contributed by atoms with van der Waals surface area (Å²) in [4.78, 5) is 10.7. The Bertz CT molecular complexity index is 229. The minimum Gasteiger partial charge on any atom is -0.433 e. The second-order valence-electron chi connectivity index (χ2n) is 3.86. The molecule has 0 saturated carbocycles. The standard InChI is InChI=1S/C9H14O5/c1-3-11-7-6(14-7)9(2)4-12-8(10)13-5-9/h6-7H,3-5H2,1-2H3. The van der Waals surface area contributed by atoms with Crippen molar-refractivity contribution in [3.8, 4) is 0 Å². The van der Waals surface area contributed by atoms with Gasteiger partial charge in [-0.25, -0.2) is 4.79 Å². The molecule has 0 radical (unpaired) electrons. The Morgan fingerprint density at radius 2 is 2.14 bits per heavy atom. The van der Waals surface area contributed by atoms with Crippen LogP contribution in [0.5, 0.6) is 0 Å². The van der Waals surface area contributed by atoms with Crippen molar-refractivity contribution >= 4 is 6.16 Å². The highest BCUT2D eigenvalue weighted by molar-refractivity contribution is 5.60. The van der Waals surface area contributed by atoms with Crippen LogP contribution < -0.4 is 0 Å². The molecule has 0 aromatic heterocycles. The predicted molar refractivity (Wildman–Crippen MR) is 45.7 cm³/mol. The monoisotopic (exact) mass is 202 g/mol. The van der Waals surface area contributed by atoms with Crippen molar-refractivity contribution in [3.05, 3.63) is 0 Å². The normalized spacial score (nSPS) is 34.6. The van der Waals surface area contributed by atoms with E-state index in [0.717, 1.165) is 0 Å². The van der Waals surface area contributed by atoms with Crippen molar-refractivity contribution in [3.63, 3.8) is 0 Å². The smallest absolute Gasteiger partial charge is 0.433 e. The van der Waals surface area contributed by atoms with Gasteiger partial charge in [-0.05, 0) is 6.92 Å². The summed E-state index contributed by atoms with van der Waals surface area (Å²) in [6.07, 6.45) is -0.781. The fraction of sp³-hybridized carbons (Fsp3) is 0.889. The van der Waals surface area contributed by atoms with E-state index in [-0.39, 0.29) is 17.8 Å². The number of rotatable bonds is 3. The molecule has 2 rings (SSSR count). The third-order valence-corrected chi connectivity index (χ3v) is 2.51. The van der Waals surface area contributed by atoms with Gasteiger partial charge in [-0.3, -0.25) is 0 Å². The molecule has 2 fully saturated rings. The molecule has 2 aliphatic heterocycles. The second kappa shape index (κ2) is 3.40. The average Bonchev–Trinajstić information content (AvgIpc) is 2.91. The van der Waals surface area contributed by atoms with Crippen LogP contribution in [0.3, 0.4) is 0 Å². The van der Waals surface area contributed by atoms with E-state index in [1.54, 1.807) is 0 Å². The molecule has 0 amide bonds. The quantitative estimate of drug-likeness (QED) is 0.503. The fourth-order valence-corrected chi connectivity index (χ4v) is 1.58. The van der Waals surface area contributed by atoms with E-state index in [1.807, 2.05) is 13.8 Å². The molecule has 5 nitrogen and oxygen atoms in total. The number of ether oxygens (including phenoxy) is 4. The zero-order valence-corrected chi connectivity index (χ0v) is 8.32. The maximum absolute atomic E-state index is 10.7. The van der Waals surface area contributed by atoms with Gasteiger partial charge in [0.2, 0.25) is 0 Å². The van der Waals surface area contributed by atoms with E-state index in [9.17, 15) is 4.79 Å². The largest absolute Gasteiger partial charge is 0.508 e. The predicted octanol–water partition coefficient (Wildman–Crippen LogP) is 0.921. The van der Waals surface area contributed by atoms with Crippen molar-refractivity contribution in [1.29, 1.82) is 0 Å². The number of carbonyl (C=O) groups excluding carboxylic acids is 1. The maximum atomic E-state index is 10.7.